The predicted molar refractivity (Wildman–Crippen MR) is 99.4 cm³/mol. The summed E-state index contributed by atoms with van der Waals surface area (Å²) in [6.07, 6.45) is 5.40. The molecular formula is C19H36O5S. The van der Waals surface area contributed by atoms with Crippen molar-refractivity contribution in [3.8, 4) is 0 Å². The molecule has 2 aliphatic heterocycles. The summed E-state index contributed by atoms with van der Waals surface area (Å²) in [5.74, 6) is 1.08. The maximum atomic E-state index is 11.6. The molecule has 6 heteroatoms. The Labute approximate surface area is 153 Å². The first-order chi connectivity index (χ1) is 11.6. The van der Waals surface area contributed by atoms with Gasteiger partial charge in [-0.3, -0.25) is 0 Å². The summed E-state index contributed by atoms with van der Waals surface area (Å²) < 4.78 is 35.1. The van der Waals surface area contributed by atoms with Gasteiger partial charge >= 0.3 is 0 Å². The fraction of sp³-hybridized carbons (Fsp3) is 1.00. The van der Waals surface area contributed by atoms with Crippen LogP contribution in [0.5, 0.6) is 0 Å². The van der Waals surface area contributed by atoms with Crippen LogP contribution in [0, 0.1) is 11.8 Å². The van der Waals surface area contributed by atoms with Crippen LogP contribution in [0.25, 0.3) is 0 Å². The van der Waals surface area contributed by atoms with Crippen molar-refractivity contribution < 1.29 is 23.0 Å². The lowest BCUT2D eigenvalue weighted by molar-refractivity contribution is -0.129. The Kier molecular flexibility index (Phi) is 7.34. The molecule has 2 fully saturated rings. The van der Waals surface area contributed by atoms with Gasteiger partial charge in [0.2, 0.25) is 0 Å². The zero-order valence-corrected chi connectivity index (χ0v) is 16.9. The Bertz CT molecular complexity index is 494. The summed E-state index contributed by atoms with van der Waals surface area (Å²) in [4.78, 5) is 0. The number of sulfone groups is 1. The Morgan fingerprint density at radius 3 is 2.24 bits per heavy atom. The highest BCUT2D eigenvalue weighted by atomic mass is 32.2. The van der Waals surface area contributed by atoms with Crippen LogP contribution in [0.15, 0.2) is 0 Å². The summed E-state index contributed by atoms with van der Waals surface area (Å²) in [6, 6.07) is 0. The molecular weight excluding hydrogens is 340 g/mol. The first-order valence-corrected chi connectivity index (χ1v) is 11.6. The molecule has 2 heterocycles. The quantitative estimate of drug-likeness (QED) is 0.705. The zero-order valence-electron chi connectivity index (χ0n) is 16.1. The topological polar surface area (TPSA) is 72.8 Å². The minimum Gasteiger partial charge on any atom is -0.390 e. The summed E-state index contributed by atoms with van der Waals surface area (Å²) in [5.41, 5.74) is -0.940. The first kappa shape index (κ1) is 21.1. The van der Waals surface area contributed by atoms with Crippen LogP contribution in [-0.4, -0.2) is 56.1 Å². The second-order valence-corrected chi connectivity index (χ2v) is 11.0. The molecule has 2 aliphatic rings. The molecule has 2 rings (SSSR count). The molecule has 1 atom stereocenters. The van der Waals surface area contributed by atoms with Gasteiger partial charge in [0, 0.05) is 19.8 Å². The van der Waals surface area contributed by atoms with Gasteiger partial charge in [0.1, 0.15) is 0 Å². The second-order valence-electron chi connectivity index (χ2n) is 8.72. The van der Waals surface area contributed by atoms with Gasteiger partial charge in [-0.05, 0) is 56.8 Å². The number of rotatable bonds is 8. The monoisotopic (exact) mass is 376 g/mol. The van der Waals surface area contributed by atoms with Crippen molar-refractivity contribution >= 4 is 9.84 Å². The molecule has 0 aromatic heterocycles. The minimum absolute atomic E-state index is 0.0880. The van der Waals surface area contributed by atoms with E-state index in [9.17, 15) is 13.5 Å². The molecule has 5 nitrogen and oxygen atoms in total. The Hall–Kier alpha value is -0.170. The van der Waals surface area contributed by atoms with Crippen LogP contribution >= 0.6 is 0 Å². The SMILES string of the molecule is CC(C)CCC1(OC[C@H](C)CC2(O)CCS(=O)(=O)CC2)CCOCC1. The molecule has 0 aliphatic carbocycles. The third-order valence-electron chi connectivity index (χ3n) is 5.74. The molecule has 1 N–H and O–H groups in total. The number of hydrogen-bond acceptors (Lipinski definition) is 5. The van der Waals surface area contributed by atoms with Crippen LogP contribution < -0.4 is 0 Å². The molecule has 25 heavy (non-hydrogen) atoms. The highest BCUT2D eigenvalue weighted by Gasteiger charge is 2.38. The molecule has 0 radical (unpaired) electrons. The normalized spacial score (nSPS) is 26.4. The van der Waals surface area contributed by atoms with Gasteiger partial charge in [-0.1, -0.05) is 20.8 Å². The lowest BCUT2D eigenvalue weighted by Crippen LogP contribution is -2.43. The zero-order chi connectivity index (χ0) is 18.6. The Morgan fingerprint density at radius 2 is 1.68 bits per heavy atom. The smallest absolute Gasteiger partial charge is 0.150 e. The predicted octanol–water partition coefficient (Wildman–Crippen LogP) is 2.95. The third-order valence-corrected chi connectivity index (χ3v) is 7.39. The van der Waals surface area contributed by atoms with E-state index in [1.54, 1.807) is 0 Å². The minimum atomic E-state index is -2.95. The van der Waals surface area contributed by atoms with Gasteiger partial charge in [0.05, 0.1) is 22.7 Å². The van der Waals surface area contributed by atoms with E-state index < -0.39 is 15.4 Å². The second kappa shape index (κ2) is 8.68. The lowest BCUT2D eigenvalue weighted by atomic mass is 9.85. The van der Waals surface area contributed by atoms with Crippen LogP contribution in [0.1, 0.15) is 65.7 Å². The van der Waals surface area contributed by atoms with Crippen LogP contribution in [0.4, 0.5) is 0 Å². The van der Waals surface area contributed by atoms with Crippen molar-refractivity contribution in [2.75, 3.05) is 31.3 Å². The largest absolute Gasteiger partial charge is 0.390 e. The standard InChI is InChI=1S/C19H36O5S/c1-16(2)4-5-19(6-10-23-11-7-19)24-15-17(3)14-18(20)8-12-25(21,22)13-9-18/h16-17,20H,4-15H2,1-3H3/t17-/m1/s1. The van der Waals surface area contributed by atoms with Crippen LogP contribution in [0.2, 0.25) is 0 Å². The van der Waals surface area contributed by atoms with E-state index in [1.165, 1.54) is 0 Å². The molecule has 0 aromatic carbocycles. The van der Waals surface area contributed by atoms with E-state index >= 15 is 0 Å². The van der Waals surface area contributed by atoms with Gasteiger partial charge in [0.15, 0.2) is 9.84 Å². The lowest BCUT2D eigenvalue weighted by Gasteiger charge is -2.40. The molecule has 0 bridgehead atoms. The Balaban J connectivity index is 1.84. The van der Waals surface area contributed by atoms with E-state index in [-0.39, 0.29) is 23.0 Å². The average Bonchev–Trinajstić information content (AvgIpc) is 2.56. The van der Waals surface area contributed by atoms with Crippen molar-refractivity contribution in [1.82, 2.24) is 0 Å². The van der Waals surface area contributed by atoms with Gasteiger partial charge in [-0.2, -0.15) is 0 Å². The molecule has 0 saturated carbocycles. The number of ether oxygens (including phenoxy) is 2. The summed E-state index contributed by atoms with van der Waals surface area (Å²) in [5, 5.41) is 10.7. The van der Waals surface area contributed by atoms with Crippen molar-refractivity contribution in [3.05, 3.63) is 0 Å². The summed E-state index contributed by atoms with van der Waals surface area (Å²) in [7, 11) is -2.95. The molecule has 0 spiro atoms. The van der Waals surface area contributed by atoms with Crippen molar-refractivity contribution in [2.24, 2.45) is 11.8 Å². The highest BCUT2D eigenvalue weighted by Crippen LogP contribution is 2.34. The fourth-order valence-corrected chi connectivity index (χ4v) is 5.50. The van der Waals surface area contributed by atoms with Gasteiger partial charge in [0.25, 0.3) is 0 Å². The maximum absolute atomic E-state index is 11.6. The molecule has 2 saturated heterocycles. The van der Waals surface area contributed by atoms with Gasteiger partial charge in [-0.25, -0.2) is 8.42 Å². The fourth-order valence-electron chi connectivity index (χ4n) is 3.91. The molecule has 0 amide bonds. The van der Waals surface area contributed by atoms with Crippen molar-refractivity contribution in [3.63, 3.8) is 0 Å². The van der Waals surface area contributed by atoms with E-state index in [0.717, 1.165) is 38.9 Å². The average molecular weight is 377 g/mol. The van der Waals surface area contributed by atoms with E-state index in [0.29, 0.717) is 31.8 Å². The van der Waals surface area contributed by atoms with E-state index in [4.69, 9.17) is 9.47 Å². The van der Waals surface area contributed by atoms with Crippen LogP contribution in [-0.2, 0) is 19.3 Å². The highest BCUT2D eigenvalue weighted by molar-refractivity contribution is 7.91. The van der Waals surface area contributed by atoms with Gasteiger partial charge in [-0.15, -0.1) is 0 Å². The third kappa shape index (κ3) is 6.81. The number of aliphatic hydroxyl groups is 1. The van der Waals surface area contributed by atoms with Crippen molar-refractivity contribution in [1.29, 1.82) is 0 Å². The van der Waals surface area contributed by atoms with Gasteiger partial charge < -0.3 is 14.6 Å². The summed E-state index contributed by atoms with van der Waals surface area (Å²) >= 11 is 0. The van der Waals surface area contributed by atoms with E-state index in [1.807, 2.05) is 0 Å². The van der Waals surface area contributed by atoms with Crippen molar-refractivity contribution in [2.45, 2.75) is 76.9 Å². The molecule has 0 unspecified atom stereocenters. The van der Waals surface area contributed by atoms with E-state index in [2.05, 4.69) is 20.8 Å². The molecule has 148 valence electrons. The number of hydrogen-bond donors (Lipinski definition) is 1. The summed E-state index contributed by atoms with van der Waals surface area (Å²) in [6.45, 7) is 8.71. The maximum Gasteiger partial charge on any atom is 0.150 e. The first-order valence-electron chi connectivity index (χ1n) is 9.78. The van der Waals surface area contributed by atoms with Crippen LogP contribution in [0.3, 0.4) is 0 Å². The molecule has 0 aromatic rings. The Morgan fingerprint density at radius 1 is 1.08 bits per heavy atom.